The molecule has 1 aliphatic carbocycles. The Hall–Kier alpha value is -1.11. The normalized spacial score (nSPS) is 16.8. The Morgan fingerprint density at radius 3 is 2.21 bits per heavy atom. The van der Waals surface area contributed by atoms with Gasteiger partial charge in [-0.15, -0.1) is 0 Å². The van der Waals surface area contributed by atoms with Gasteiger partial charge < -0.3 is 10.0 Å². The van der Waals surface area contributed by atoms with Gasteiger partial charge in [0.2, 0.25) is 5.91 Å². The fourth-order valence-electron chi connectivity index (χ4n) is 2.32. The Balaban J connectivity index is 2.72. The molecule has 0 atom stereocenters. The van der Waals surface area contributed by atoms with Crippen LogP contribution in [0.3, 0.4) is 0 Å². The van der Waals surface area contributed by atoms with Gasteiger partial charge in [-0.25, -0.2) is 8.42 Å². The van der Waals surface area contributed by atoms with E-state index < -0.39 is 39.3 Å². The molecule has 0 aliphatic heterocycles. The highest BCUT2D eigenvalue weighted by Gasteiger charge is 2.33. The minimum atomic E-state index is -3.46. The lowest BCUT2D eigenvalue weighted by atomic mass is 10.3. The van der Waals surface area contributed by atoms with Crippen molar-refractivity contribution in [1.29, 1.82) is 0 Å². The summed E-state index contributed by atoms with van der Waals surface area (Å²) in [6.45, 7) is 2.88. The van der Waals surface area contributed by atoms with Crippen molar-refractivity contribution in [2.75, 3.05) is 12.3 Å². The maximum absolute atomic E-state index is 12.1. The molecule has 19 heavy (non-hydrogen) atoms. The first kappa shape index (κ1) is 15.9. The largest absolute Gasteiger partial charge is 0.480 e. The van der Waals surface area contributed by atoms with Gasteiger partial charge in [-0.3, -0.25) is 9.59 Å². The second-order valence-electron chi connectivity index (χ2n) is 5.22. The lowest BCUT2D eigenvalue weighted by molar-refractivity contribution is -0.144. The average molecular weight is 291 g/mol. The molecule has 0 bridgehead atoms. The van der Waals surface area contributed by atoms with Crippen molar-refractivity contribution in [3.8, 4) is 0 Å². The first-order valence-corrected chi connectivity index (χ1v) is 8.18. The maximum Gasteiger partial charge on any atom is 0.323 e. The molecule has 1 aliphatic rings. The molecule has 1 N–H and O–H groups in total. The van der Waals surface area contributed by atoms with Gasteiger partial charge in [0, 0.05) is 6.04 Å². The van der Waals surface area contributed by atoms with Gasteiger partial charge in [0.05, 0.1) is 5.25 Å². The Morgan fingerprint density at radius 2 is 1.79 bits per heavy atom. The number of hydrogen-bond acceptors (Lipinski definition) is 4. The molecule has 0 aromatic rings. The zero-order chi connectivity index (χ0) is 14.6. The molecule has 7 heteroatoms. The SMILES string of the molecule is CC(C)N(CC(=O)O)C(=O)CS(=O)(=O)C1CCCC1. The summed E-state index contributed by atoms with van der Waals surface area (Å²) in [5.74, 6) is -2.34. The maximum atomic E-state index is 12.1. The number of carbonyl (C=O) groups excluding carboxylic acids is 1. The number of nitrogens with zero attached hydrogens (tertiary/aromatic N) is 1. The van der Waals surface area contributed by atoms with Crippen LogP contribution < -0.4 is 0 Å². The molecule has 1 fully saturated rings. The molecule has 0 radical (unpaired) electrons. The Morgan fingerprint density at radius 1 is 1.26 bits per heavy atom. The van der Waals surface area contributed by atoms with E-state index in [1.165, 1.54) is 0 Å². The Labute approximate surface area is 113 Å². The zero-order valence-electron chi connectivity index (χ0n) is 11.3. The summed E-state index contributed by atoms with van der Waals surface area (Å²) >= 11 is 0. The quantitative estimate of drug-likeness (QED) is 0.776. The fraction of sp³-hybridized carbons (Fsp3) is 0.833. The van der Waals surface area contributed by atoms with Crippen molar-refractivity contribution < 1.29 is 23.1 Å². The van der Waals surface area contributed by atoms with Crippen LogP contribution in [0.2, 0.25) is 0 Å². The van der Waals surface area contributed by atoms with E-state index in [0.717, 1.165) is 17.7 Å². The summed E-state index contributed by atoms with van der Waals surface area (Å²) in [6, 6.07) is -0.331. The van der Waals surface area contributed by atoms with Crippen LogP contribution in [0.15, 0.2) is 0 Å². The average Bonchev–Trinajstić information content (AvgIpc) is 2.78. The second kappa shape index (κ2) is 6.36. The van der Waals surface area contributed by atoms with Gasteiger partial charge in [0.25, 0.3) is 0 Å². The van der Waals surface area contributed by atoms with Crippen LogP contribution in [0.25, 0.3) is 0 Å². The summed E-state index contributed by atoms with van der Waals surface area (Å²) in [7, 11) is -3.46. The van der Waals surface area contributed by atoms with E-state index in [2.05, 4.69) is 0 Å². The molecule has 0 aromatic carbocycles. The topological polar surface area (TPSA) is 91.8 Å². The predicted octanol–water partition coefficient (Wildman–Crippen LogP) is 0.665. The van der Waals surface area contributed by atoms with Gasteiger partial charge in [-0.1, -0.05) is 12.8 Å². The summed E-state index contributed by atoms with van der Waals surface area (Å²) in [5, 5.41) is 8.31. The van der Waals surface area contributed by atoms with Gasteiger partial charge in [-0.2, -0.15) is 0 Å². The van der Waals surface area contributed by atoms with E-state index in [-0.39, 0.29) is 6.04 Å². The highest BCUT2D eigenvalue weighted by atomic mass is 32.2. The van der Waals surface area contributed by atoms with Crippen LogP contribution in [0.5, 0.6) is 0 Å². The summed E-state index contributed by atoms with van der Waals surface area (Å²) in [6.07, 6.45) is 2.97. The molecule has 0 aromatic heterocycles. The third-order valence-corrected chi connectivity index (χ3v) is 5.52. The molecule has 6 nitrogen and oxygen atoms in total. The van der Waals surface area contributed by atoms with Crippen LogP contribution in [0, 0.1) is 0 Å². The van der Waals surface area contributed by atoms with Crippen molar-refractivity contribution in [2.45, 2.75) is 50.8 Å². The summed E-state index contributed by atoms with van der Waals surface area (Å²) in [5.41, 5.74) is 0. The first-order valence-electron chi connectivity index (χ1n) is 6.47. The van der Waals surface area contributed by atoms with Crippen LogP contribution in [0.1, 0.15) is 39.5 Å². The summed E-state index contributed by atoms with van der Waals surface area (Å²) < 4.78 is 24.1. The smallest absolute Gasteiger partial charge is 0.323 e. The van der Waals surface area contributed by atoms with E-state index in [1.54, 1.807) is 13.8 Å². The minimum Gasteiger partial charge on any atom is -0.480 e. The first-order chi connectivity index (χ1) is 8.74. The number of carboxylic acids is 1. The molecular weight excluding hydrogens is 270 g/mol. The van der Waals surface area contributed by atoms with Crippen LogP contribution in [0.4, 0.5) is 0 Å². The fourth-order valence-corrected chi connectivity index (χ4v) is 4.12. The third kappa shape index (κ3) is 4.49. The van der Waals surface area contributed by atoms with Crippen molar-refractivity contribution >= 4 is 21.7 Å². The molecule has 1 saturated carbocycles. The number of carboxylic acid groups (broad SMARTS) is 1. The molecule has 0 heterocycles. The third-order valence-electron chi connectivity index (χ3n) is 3.38. The predicted molar refractivity (Wildman–Crippen MR) is 70.5 cm³/mol. The van der Waals surface area contributed by atoms with E-state index >= 15 is 0 Å². The molecule has 1 rings (SSSR count). The number of aliphatic carboxylic acids is 1. The standard InChI is InChI=1S/C12H21NO5S/c1-9(2)13(7-12(15)16)11(14)8-19(17,18)10-5-3-4-6-10/h9-10H,3-8H2,1-2H3,(H,15,16). The van der Waals surface area contributed by atoms with Crippen molar-refractivity contribution in [3.05, 3.63) is 0 Å². The van der Waals surface area contributed by atoms with Crippen LogP contribution in [-0.2, 0) is 19.4 Å². The van der Waals surface area contributed by atoms with Crippen molar-refractivity contribution in [2.24, 2.45) is 0 Å². The Bertz CT molecular complexity index is 437. The molecule has 0 unspecified atom stereocenters. The minimum absolute atomic E-state index is 0.331. The molecule has 0 spiro atoms. The van der Waals surface area contributed by atoms with Crippen molar-refractivity contribution in [1.82, 2.24) is 4.90 Å². The Kier molecular flexibility index (Phi) is 5.34. The molecule has 1 amide bonds. The molecular formula is C12H21NO5S. The lowest BCUT2D eigenvalue weighted by Crippen LogP contribution is -2.44. The van der Waals surface area contributed by atoms with E-state index in [0.29, 0.717) is 12.8 Å². The van der Waals surface area contributed by atoms with Gasteiger partial charge >= 0.3 is 5.97 Å². The number of carbonyl (C=O) groups is 2. The van der Waals surface area contributed by atoms with Gasteiger partial charge in [0.15, 0.2) is 9.84 Å². The number of rotatable bonds is 6. The van der Waals surface area contributed by atoms with E-state index in [9.17, 15) is 18.0 Å². The van der Waals surface area contributed by atoms with Crippen LogP contribution >= 0.6 is 0 Å². The number of sulfone groups is 1. The van der Waals surface area contributed by atoms with E-state index in [1.807, 2.05) is 0 Å². The van der Waals surface area contributed by atoms with Gasteiger partial charge in [-0.05, 0) is 26.7 Å². The second-order valence-corrected chi connectivity index (χ2v) is 7.50. The van der Waals surface area contributed by atoms with Crippen molar-refractivity contribution in [3.63, 3.8) is 0 Å². The van der Waals surface area contributed by atoms with E-state index in [4.69, 9.17) is 5.11 Å². The zero-order valence-corrected chi connectivity index (χ0v) is 12.1. The highest BCUT2D eigenvalue weighted by molar-refractivity contribution is 7.92. The molecule has 110 valence electrons. The monoisotopic (exact) mass is 291 g/mol. The lowest BCUT2D eigenvalue weighted by Gasteiger charge is -2.25. The summed E-state index contributed by atoms with van der Waals surface area (Å²) in [4.78, 5) is 23.8. The van der Waals surface area contributed by atoms with Crippen LogP contribution in [-0.4, -0.2) is 53.9 Å². The molecule has 0 saturated heterocycles. The number of amides is 1. The highest BCUT2D eigenvalue weighted by Crippen LogP contribution is 2.25. The number of hydrogen-bond donors (Lipinski definition) is 1. The van der Waals surface area contributed by atoms with Gasteiger partial charge in [0.1, 0.15) is 12.3 Å².